The van der Waals surface area contributed by atoms with E-state index in [1.54, 1.807) is 24.6 Å². The number of hydrogen-bond acceptors (Lipinski definition) is 8. The van der Waals surface area contributed by atoms with Gasteiger partial charge in [0.25, 0.3) is 0 Å². The van der Waals surface area contributed by atoms with Crippen LogP contribution in [0.25, 0.3) is 10.2 Å². The van der Waals surface area contributed by atoms with Crippen molar-refractivity contribution in [2.24, 2.45) is 0 Å². The van der Waals surface area contributed by atoms with Gasteiger partial charge in [-0.3, -0.25) is 4.18 Å². The van der Waals surface area contributed by atoms with Gasteiger partial charge in [0.05, 0.1) is 34.2 Å². The van der Waals surface area contributed by atoms with Gasteiger partial charge in [0.2, 0.25) is 0 Å². The number of rotatable bonds is 4. The van der Waals surface area contributed by atoms with Crippen LogP contribution >= 0.6 is 11.3 Å². The molecule has 2 atom stereocenters. The minimum Gasteiger partial charge on any atom is -0.369 e. The number of morpholine rings is 1. The monoisotopic (exact) mass is 432 g/mol. The molecule has 0 bridgehead atoms. The Hall–Kier alpha value is -1.88. The van der Waals surface area contributed by atoms with Crippen LogP contribution < -0.4 is 4.90 Å². The van der Waals surface area contributed by atoms with E-state index in [0.717, 1.165) is 10.4 Å². The topological polar surface area (TPSA) is 92.5 Å². The van der Waals surface area contributed by atoms with E-state index in [-0.39, 0.29) is 21.1 Å². The van der Waals surface area contributed by atoms with Gasteiger partial charge < -0.3 is 9.64 Å². The zero-order valence-corrected chi connectivity index (χ0v) is 16.1. The summed E-state index contributed by atoms with van der Waals surface area (Å²) in [6.07, 6.45) is -1.23. The van der Waals surface area contributed by atoms with Gasteiger partial charge in [-0.2, -0.15) is 26.9 Å². The van der Waals surface area contributed by atoms with Gasteiger partial charge in [-0.15, -0.1) is 11.3 Å². The third-order valence-electron chi connectivity index (χ3n) is 3.94. The van der Waals surface area contributed by atoms with Gasteiger partial charge in [0.1, 0.15) is 17.7 Å². The minimum atomic E-state index is -5.67. The Kier molecular flexibility index (Phi) is 6.60. The second-order valence-electron chi connectivity index (χ2n) is 5.93. The molecular weight excluding hydrogens is 418 g/mol. The molecule has 0 saturated carbocycles. The number of alkyl halides is 3. The predicted molar refractivity (Wildman–Crippen MR) is 97.6 cm³/mol. The van der Waals surface area contributed by atoms with Gasteiger partial charge in [-0.1, -0.05) is 0 Å². The standard InChI is InChI=1S/C15H14F3N3O4S2.B/c1-9-5-21(6-11(25-9)7-24-27(22,23)15(16,17)18)12-3-2-10(4-19)13-14(12)26-8-20-13;/h2-3,8-9,11H,5-7H2,1H3;/t9-,11-;/m1./s1. The molecule has 28 heavy (non-hydrogen) atoms. The average Bonchev–Trinajstić information content (AvgIpc) is 3.07. The van der Waals surface area contributed by atoms with Crippen molar-refractivity contribution in [3.63, 3.8) is 0 Å². The van der Waals surface area contributed by atoms with Crippen molar-refractivity contribution in [1.82, 2.24) is 4.98 Å². The number of ether oxygens (including phenoxy) is 1. The quantitative estimate of drug-likeness (QED) is 0.416. The molecule has 3 rings (SSSR count). The first-order valence-electron chi connectivity index (χ1n) is 7.75. The Labute approximate surface area is 165 Å². The van der Waals surface area contributed by atoms with Crippen LogP contribution in [0.2, 0.25) is 0 Å². The normalized spacial score (nSPS) is 20.6. The van der Waals surface area contributed by atoms with Crippen LogP contribution in [0.5, 0.6) is 0 Å². The SMILES string of the molecule is C[C@@H]1CN(c2ccc(C#N)c3ncsc23)C[C@H](COS(=O)(=O)C(F)(F)F)O1.[B]. The number of fused-ring (bicyclic) bond motifs is 1. The van der Waals surface area contributed by atoms with Gasteiger partial charge in [0, 0.05) is 21.5 Å². The maximum Gasteiger partial charge on any atom is 0.523 e. The summed E-state index contributed by atoms with van der Waals surface area (Å²) < 4.78 is 69.8. The number of halogens is 3. The lowest BCUT2D eigenvalue weighted by Crippen LogP contribution is -2.49. The van der Waals surface area contributed by atoms with E-state index in [0.29, 0.717) is 17.6 Å². The molecule has 0 aliphatic carbocycles. The molecular formula is C15H14BF3N3O4S2. The number of anilines is 1. The number of thiazole rings is 1. The molecule has 149 valence electrons. The minimum absolute atomic E-state index is 0. The van der Waals surface area contributed by atoms with Crippen molar-refractivity contribution < 1.29 is 30.5 Å². The molecule has 0 spiro atoms. The molecule has 1 aliphatic heterocycles. The first-order chi connectivity index (χ1) is 12.6. The second-order valence-corrected chi connectivity index (χ2v) is 8.39. The van der Waals surface area contributed by atoms with Crippen molar-refractivity contribution in [3.05, 3.63) is 23.2 Å². The summed E-state index contributed by atoms with van der Waals surface area (Å²) in [5, 5.41) is 9.17. The highest BCUT2D eigenvalue weighted by molar-refractivity contribution is 7.87. The van der Waals surface area contributed by atoms with Gasteiger partial charge in [-0.25, -0.2) is 4.98 Å². The van der Waals surface area contributed by atoms with Crippen LogP contribution in [0.15, 0.2) is 17.6 Å². The lowest BCUT2D eigenvalue weighted by atomic mass is 10.1. The Morgan fingerprint density at radius 1 is 1.43 bits per heavy atom. The molecule has 2 aromatic rings. The van der Waals surface area contributed by atoms with Crippen LogP contribution in [0.4, 0.5) is 18.9 Å². The van der Waals surface area contributed by atoms with Crippen molar-refractivity contribution in [1.29, 1.82) is 5.26 Å². The summed E-state index contributed by atoms with van der Waals surface area (Å²) in [5.41, 5.74) is -2.14. The van der Waals surface area contributed by atoms with Crippen LogP contribution in [0.1, 0.15) is 12.5 Å². The fraction of sp³-hybridized carbons (Fsp3) is 0.467. The van der Waals surface area contributed by atoms with E-state index in [4.69, 9.17) is 10.00 Å². The number of nitrogens with zero attached hydrogens (tertiary/aromatic N) is 3. The fourth-order valence-corrected chi connectivity index (χ4v) is 4.16. The number of benzene rings is 1. The summed E-state index contributed by atoms with van der Waals surface area (Å²) in [6.45, 7) is 1.56. The fourth-order valence-electron chi connectivity index (χ4n) is 2.84. The van der Waals surface area contributed by atoms with Crippen LogP contribution in [0, 0.1) is 11.3 Å². The van der Waals surface area contributed by atoms with Crippen molar-refractivity contribution >= 4 is 45.8 Å². The zero-order valence-electron chi connectivity index (χ0n) is 14.5. The summed E-state index contributed by atoms with van der Waals surface area (Å²) in [4.78, 5) is 6.05. The number of nitriles is 1. The van der Waals surface area contributed by atoms with Crippen molar-refractivity contribution in [2.45, 2.75) is 24.6 Å². The van der Waals surface area contributed by atoms with E-state index in [1.807, 2.05) is 4.90 Å². The lowest BCUT2D eigenvalue weighted by Gasteiger charge is -2.38. The van der Waals surface area contributed by atoms with Gasteiger partial charge >= 0.3 is 15.6 Å². The van der Waals surface area contributed by atoms with Crippen LogP contribution in [-0.4, -0.2) is 59.2 Å². The van der Waals surface area contributed by atoms with E-state index in [2.05, 4.69) is 15.2 Å². The molecule has 0 amide bonds. The van der Waals surface area contributed by atoms with Crippen LogP contribution in [-0.2, 0) is 19.0 Å². The van der Waals surface area contributed by atoms with E-state index in [9.17, 15) is 21.6 Å². The third-order valence-corrected chi connectivity index (χ3v) is 5.81. The van der Waals surface area contributed by atoms with Crippen LogP contribution in [0.3, 0.4) is 0 Å². The highest BCUT2D eigenvalue weighted by Crippen LogP contribution is 2.34. The predicted octanol–water partition coefficient (Wildman–Crippen LogP) is 2.25. The van der Waals surface area contributed by atoms with Crippen molar-refractivity contribution in [2.75, 3.05) is 24.6 Å². The molecule has 0 N–H and O–H groups in total. The molecule has 1 aromatic heterocycles. The van der Waals surface area contributed by atoms with Gasteiger partial charge in [0.15, 0.2) is 0 Å². The maximum atomic E-state index is 12.4. The Morgan fingerprint density at radius 3 is 2.79 bits per heavy atom. The van der Waals surface area contributed by atoms with E-state index < -0.39 is 28.3 Å². The average molecular weight is 432 g/mol. The Balaban J connectivity index is 0.00000280. The highest BCUT2D eigenvalue weighted by atomic mass is 32.2. The second kappa shape index (κ2) is 8.24. The zero-order chi connectivity index (χ0) is 19.8. The molecule has 2 heterocycles. The number of hydrogen-bond donors (Lipinski definition) is 0. The molecule has 3 radical (unpaired) electrons. The molecule has 0 unspecified atom stereocenters. The Bertz CT molecular complexity index is 991. The molecule has 13 heteroatoms. The lowest BCUT2D eigenvalue weighted by molar-refractivity contribution is -0.0656. The molecule has 7 nitrogen and oxygen atoms in total. The number of aromatic nitrogens is 1. The largest absolute Gasteiger partial charge is 0.523 e. The molecule has 1 saturated heterocycles. The molecule has 1 aliphatic rings. The first-order valence-corrected chi connectivity index (χ1v) is 10.0. The molecule has 1 aromatic carbocycles. The maximum absolute atomic E-state index is 12.4. The van der Waals surface area contributed by atoms with Crippen molar-refractivity contribution in [3.8, 4) is 6.07 Å². The molecule has 1 fully saturated rings. The smallest absolute Gasteiger partial charge is 0.369 e. The highest BCUT2D eigenvalue weighted by Gasteiger charge is 2.47. The first kappa shape index (κ1) is 22.4. The summed E-state index contributed by atoms with van der Waals surface area (Å²) in [5.74, 6) is 0. The van der Waals surface area contributed by atoms with E-state index in [1.165, 1.54) is 11.3 Å². The summed E-state index contributed by atoms with van der Waals surface area (Å²) in [6, 6.07) is 5.42. The summed E-state index contributed by atoms with van der Waals surface area (Å²) >= 11 is 1.34. The Morgan fingerprint density at radius 2 is 2.14 bits per heavy atom. The third kappa shape index (κ3) is 4.40. The van der Waals surface area contributed by atoms with E-state index >= 15 is 0 Å². The van der Waals surface area contributed by atoms with Gasteiger partial charge in [-0.05, 0) is 19.1 Å². The summed E-state index contributed by atoms with van der Waals surface area (Å²) in [7, 11) is -5.67.